The minimum atomic E-state index is -0.105. The third kappa shape index (κ3) is 4.91. The van der Waals surface area contributed by atoms with Gasteiger partial charge in [-0.15, -0.1) is 0 Å². The minimum Gasteiger partial charge on any atom is -0.0619 e. The minimum absolute atomic E-state index is 0.0788. The van der Waals surface area contributed by atoms with Crippen molar-refractivity contribution in [3.63, 3.8) is 0 Å². The molecule has 0 aromatic heterocycles. The summed E-state index contributed by atoms with van der Waals surface area (Å²) in [6.07, 6.45) is 0. The monoisotopic (exact) mass is 764 g/mol. The highest BCUT2D eigenvalue weighted by molar-refractivity contribution is 6.24. The zero-order chi connectivity index (χ0) is 40.3. The molecule has 0 heteroatoms. The van der Waals surface area contributed by atoms with E-state index in [-0.39, 0.29) is 10.8 Å². The molecule has 0 N–H and O–H groups in total. The van der Waals surface area contributed by atoms with Gasteiger partial charge in [0.15, 0.2) is 0 Å². The van der Waals surface area contributed by atoms with E-state index in [1.807, 2.05) is 0 Å². The van der Waals surface area contributed by atoms with Crippen LogP contribution in [0.4, 0.5) is 0 Å². The van der Waals surface area contributed by atoms with Crippen molar-refractivity contribution in [2.45, 2.75) is 38.5 Å². The lowest BCUT2D eigenvalue weighted by Crippen LogP contribution is -2.14. The highest BCUT2D eigenvalue weighted by Crippen LogP contribution is 2.56. The van der Waals surface area contributed by atoms with Crippen LogP contribution >= 0.6 is 0 Å². The molecule has 2 aliphatic rings. The second kappa shape index (κ2) is 12.7. The predicted octanol–water partition coefficient (Wildman–Crippen LogP) is 16.4. The SMILES string of the molecule is CC1(C)c2ccccc2-c2ccc(-c3ccc4c(-c5ccccc5-c5ccc6ccccc6c5)c5ccccc5c(-c5cccc6c5-c5ccccc5C6(C)C)c4c3)cc21. The van der Waals surface area contributed by atoms with Crippen molar-refractivity contribution >= 4 is 32.3 Å². The first kappa shape index (κ1) is 35.0. The molecule has 0 unspecified atom stereocenters. The van der Waals surface area contributed by atoms with Crippen molar-refractivity contribution in [2.24, 2.45) is 0 Å². The highest BCUT2D eigenvalue weighted by Gasteiger charge is 2.38. The van der Waals surface area contributed by atoms with Gasteiger partial charge >= 0.3 is 0 Å². The Morgan fingerprint density at radius 1 is 0.250 bits per heavy atom. The Kier molecular flexibility index (Phi) is 7.42. The fraction of sp³-hybridized carbons (Fsp3) is 0.100. The van der Waals surface area contributed by atoms with E-state index in [0.29, 0.717) is 0 Å². The number of benzene rings is 10. The van der Waals surface area contributed by atoms with Crippen molar-refractivity contribution in [1.29, 1.82) is 0 Å². The third-order valence-corrected chi connectivity index (χ3v) is 14.1. The van der Waals surface area contributed by atoms with E-state index < -0.39 is 0 Å². The van der Waals surface area contributed by atoms with Gasteiger partial charge in [0.25, 0.3) is 0 Å². The van der Waals surface area contributed by atoms with E-state index in [4.69, 9.17) is 0 Å². The molecule has 0 bridgehead atoms. The Morgan fingerprint density at radius 3 is 1.53 bits per heavy atom. The first-order valence-electron chi connectivity index (χ1n) is 21.3. The van der Waals surface area contributed by atoms with Crippen molar-refractivity contribution < 1.29 is 0 Å². The molecular weight excluding hydrogens is 721 g/mol. The van der Waals surface area contributed by atoms with Gasteiger partial charge in [0.05, 0.1) is 0 Å². The van der Waals surface area contributed by atoms with Gasteiger partial charge < -0.3 is 0 Å². The fourth-order valence-electron chi connectivity index (χ4n) is 11.1. The van der Waals surface area contributed by atoms with Crippen molar-refractivity contribution in [3.8, 4) is 66.8 Å². The van der Waals surface area contributed by atoms with Crippen LogP contribution in [0.1, 0.15) is 49.9 Å². The molecule has 0 saturated heterocycles. The summed E-state index contributed by atoms with van der Waals surface area (Å²) < 4.78 is 0. The molecule has 2 aliphatic carbocycles. The Morgan fingerprint density at radius 2 is 0.750 bits per heavy atom. The molecule has 10 aromatic rings. The average molecular weight is 765 g/mol. The summed E-state index contributed by atoms with van der Waals surface area (Å²) >= 11 is 0. The Balaban J connectivity index is 1.17. The summed E-state index contributed by atoms with van der Waals surface area (Å²) in [5, 5.41) is 7.57. The van der Waals surface area contributed by atoms with Crippen LogP contribution in [0.15, 0.2) is 194 Å². The van der Waals surface area contributed by atoms with Crippen LogP contribution in [-0.2, 0) is 10.8 Å². The standard InChI is InChI=1S/C60H44/c1-59(2)53-26-14-12-23-49(53)58-50(24-15-27-54(58)59)57-47-22-10-9-21-46(47)56(45-20-8-7-18-42(45)41-29-28-37-16-5-6-17-38(37)34-41)48-33-31-39(35-51(48)57)40-30-32-44-43-19-11-13-25-52(43)60(3,4)55(44)36-40/h5-36H,1-4H3. The molecule has 0 saturated carbocycles. The van der Waals surface area contributed by atoms with Crippen LogP contribution in [-0.4, -0.2) is 0 Å². The van der Waals surface area contributed by atoms with Crippen LogP contribution in [0.3, 0.4) is 0 Å². The van der Waals surface area contributed by atoms with E-state index in [1.54, 1.807) is 0 Å². The molecule has 0 nitrogen and oxygen atoms in total. The van der Waals surface area contributed by atoms with Gasteiger partial charge in [-0.1, -0.05) is 204 Å². The molecule has 0 heterocycles. The van der Waals surface area contributed by atoms with E-state index in [2.05, 4.69) is 222 Å². The van der Waals surface area contributed by atoms with Gasteiger partial charge in [-0.05, 0) is 140 Å². The Hall–Kier alpha value is -7.02. The molecule has 10 aromatic carbocycles. The van der Waals surface area contributed by atoms with Gasteiger partial charge in [0.1, 0.15) is 0 Å². The van der Waals surface area contributed by atoms with Crippen LogP contribution in [0, 0.1) is 0 Å². The molecule has 12 rings (SSSR count). The highest BCUT2D eigenvalue weighted by atomic mass is 14.4. The van der Waals surface area contributed by atoms with E-state index in [9.17, 15) is 0 Å². The molecule has 0 amide bonds. The average Bonchev–Trinajstić information content (AvgIpc) is 3.67. The summed E-state index contributed by atoms with van der Waals surface area (Å²) in [6.45, 7) is 9.52. The summed E-state index contributed by atoms with van der Waals surface area (Å²) in [5.41, 5.74) is 20.9. The van der Waals surface area contributed by atoms with Crippen molar-refractivity contribution in [1.82, 2.24) is 0 Å². The molecule has 60 heavy (non-hydrogen) atoms. The molecule has 0 atom stereocenters. The fourth-order valence-corrected chi connectivity index (χ4v) is 11.1. The Labute approximate surface area is 352 Å². The lowest BCUT2D eigenvalue weighted by molar-refractivity contribution is 0.660. The van der Waals surface area contributed by atoms with Crippen LogP contribution in [0.5, 0.6) is 0 Å². The summed E-state index contributed by atoms with van der Waals surface area (Å²) in [6, 6.07) is 73.2. The smallest absolute Gasteiger partial charge is 0.0159 e. The van der Waals surface area contributed by atoms with E-state index >= 15 is 0 Å². The zero-order valence-electron chi connectivity index (χ0n) is 34.5. The predicted molar refractivity (Wildman–Crippen MR) is 256 cm³/mol. The summed E-state index contributed by atoms with van der Waals surface area (Å²) in [7, 11) is 0. The first-order valence-corrected chi connectivity index (χ1v) is 21.3. The third-order valence-electron chi connectivity index (χ3n) is 14.1. The largest absolute Gasteiger partial charge is 0.0619 e. The summed E-state index contributed by atoms with van der Waals surface area (Å²) in [4.78, 5) is 0. The molecule has 0 aliphatic heterocycles. The van der Waals surface area contributed by atoms with Crippen molar-refractivity contribution in [3.05, 3.63) is 216 Å². The quantitative estimate of drug-likeness (QED) is 0.157. The van der Waals surface area contributed by atoms with Gasteiger partial charge in [0, 0.05) is 10.8 Å². The lowest BCUT2D eigenvalue weighted by Gasteiger charge is -2.24. The van der Waals surface area contributed by atoms with Gasteiger partial charge in [-0.2, -0.15) is 0 Å². The maximum absolute atomic E-state index is 2.50. The lowest BCUT2D eigenvalue weighted by atomic mass is 9.79. The topological polar surface area (TPSA) is 0 Å². The first-order chi connectivity index (χ1) is 29.3. The van der Waals surface area contributed by atoms with Crippen molar-refractivity contribution in [2.75, 3.05) is 0 Å². The van der Waals surface area contributed by atoms with Gasteiger partial charge in [-0.25, -0.2) is 0 Å². The van der Waals surface area contributed by atoms with Crippen LogP contribution in [0.25, 0.3) is 99.1 Å². The second-order valence-corrected chi connectivity index (χ2v) is 18.0. The molecule has 0 fully saturated rings. The Bertz CT molecular complexity index is 3430. The molecule has 0 spiro atoms. The number of hydrogen-bond acceptors (Lipinski definition) is 0. The zero-order valence-corrected chi connectivity index (χ0v) is 34.5. The van der Waals surface area contributed by atoms with Gasteiger partial charge in [-0.3, -0.25) is 0 Å². The number of hydrogen-bond donors (Lipinski definition) is 0. The van der Waals surface area contributed by atoms with Gasteiger partial charge in [0.2, 0.25) is 0 Å². The van der Waals surface area contributed by atoms with Crippen LogP contribution < -0.4 is 0 Å². The maximum atomic E-state index is 2.50. The number of rotatable bonds is 4. The second-order valence-electron chi connectivity index (χ2n) is 18.0. The molecule has 284 valence electrons. The molecular formula is C60H44. The summed E-state index contributed by atoms with van der Waals surface area (Å²) in [5.74, 6) is 0. The molecule has 0 radical (unpaired) electrons. The normalized spacial score (nSPS) is 14.3. The number of fused-ring (bicyclic) bond motifs is 9. The van der Waals surface area contributed by atoms with Crippen LogP contribution in [0.2, 0.25) is 0 Å². The van der Waals surface area contributed by atoms with E-state index in [1.165, 1.54) is 121 Å². The van der Waals surface area contributed by atoms with E-state index in [0.717, 1.165) is 0 Å². The maximum Gasteiger partial charge on any atom is 0.0159 e.